The molecule has 0 aromatic carbocycles. The van der Waals surface area contributed by atoms with Crippen LogP contribution in [0.25, 0.3) is 0 Å². The number of carbonyl (C=O) groups is 1. The van der Waals surface area contributed by atoms with Gasteiger partial charge in [-0.2, -0.15) is 13.2 Å². The molecule has 1 heterocycles. The zero-order chi connectivity index (χ0) is 9.35. The highest BCUT2D eigenvalue weighted by Crippen LogP contribution is 2.26. The van der Waals surface area contributed by atoms with E-state index in [-0.39, 0.29) is 12.2 Å². The van der Waals surface area contributed by atoms with Crippen molar-refractivity contribution in [3.8, 4) is 0 Å². The largest absolute Gasteiger partial charge is 0.391 e. The quantitative estimate of drug-likeness (QED) is 0.606. The fraction of sp³-hybridized carbons (Fsp3) is 0.857. The van der Waals surface area contributed by atoms with Crippen LogP contribution in [-0.4, -0.2) is 36.5 Å². The van der Waals surface area contributed by atoms with Gasteiger partial charge in [0.25, 0.3) is 0 Å². The number of nitrogens with zero attached hydrogens (tertiary/aromatic N) is 1. The number of ketones is 1. The summed E-state index contributed by atoms with van der Waals surface area (Å²) in [6.07, 6.45) is -5.00. The molecule has 12 heavy (non-hydrogen) atoms. The number of hydrogen-bond donors (Lipinski definition) is 0. The van der Waals surface area contributed by atoms with E-state index in [4.69, 9.17) is 0 Å². The molecule has 5 heteroatoms. The van der Waals surface area contributed by atoms with Crippen LogP contribution in [0.15, 0.2) is 0 Å². The van der Waals surface area contributed by atoms with Crippen molar-refractivity contribution in [2.45, 2.75) is 25.1 Å². The van der Waals surface area contributed by atoms with E-state index in [1.54, 1.807) is 7.05 Å². The highest BCUT2D eigenvalue weighted by atomic mass is 19.4. The van der Waals surface area contributed by atoms with E-state index in [0.717, 1.165) is 0 Å². The lowest BCUT2D eigenvalue weighted by atomic mass is 10.1. The Balaban J connectivity index is 2.56. The van der Waals surface area contributed by atoms with Crippen molar-refractivity contribution < 1.29 is 18.0 Å². The van der Waals surface area contributed by atoms with Gasteiger partial charge in [0, 0.05) is 13.0 Å². The maximum absolute atomic E-state index is 11.9. The maximum atomic E-state index is 11.9. The highest BCUT2D eigenvalue weighted by molar-refractivity contribution is 5.86. The van der Waals surface area contributed by atoms with Gasteiger partial charge in [-0.15, -0.1) is 0 Å². The summed E-state index contributed by atoms with van der Waals surface area (Å²) >= 11 is 0. The van der Waals surface area contributed by atoms with Crippen LogP contribution in [0.4, 0.5) is 13.2 Å². The average Bonchev–Trinajstić information content (AvgIpc) is 2.16. The Morgan fingerprint density at radius 3 is 2.50 bits per heavy atom. The summed E-state index contributed by atoms with van der Waals surface area (Å²) in [7, 11) is 1.54. The number of carbonyl (C=O) groups excluding carboxylic acids is 1. The summed E-state index contributed by atoms with van der Waals surface area (Å²) in [4.78, 5) is 12.4. The molecule has 0 bridgehead atoms. The average molecular weight is 181 g/mol. The summed E-state index contributed by atoms with van der Waals surface area (Å²) in [5.74, 6) is -0.296. The first-order chi connectivity index (χ1) is 5.40. The van der Waals surface area contributed by atoms with Crippen molar-refractivity contribution in [2.24, 2.45) is 0 Å². The monoisotopic (exact) mass is 181 g/mol. The van der Waals surface area contributed by atoms with Crippen LogP contribution in [0.5, 0.6) is 0 Å². The van der Waals surface area contributed by atoms with Crippen molar-refractivity contribution in [3.05, 3.63) is 0 Å². The van der Waals surface area contributed by atoms with Gasteiger partial charge >= 0.3 is 6.18 Å². The van der Waals surface area contributed by atoms with E-state index in [0.29, 0.717) is 6.54 Å². The van der Waals surface area contributed by atoms with Crippen molar-refractivity contribution in [2.75, 3.05) is 13.6 Å². The SMILES string of the molecule is CN1CCC(=O)C1CC(F)(F)F. The first kappa shape index (κ1) is 9.51. The number of hydrogen-bond acceptors (Lipinski definition) is 2. The Morgan fingerprint density at radius 1 is 1.58 bits per heavy atom. The van der Waals surface area contributed by atoms with E-state index in [1.165, 1.54) is 4.90 Å². The Kier molecular flexibility index (Phi) is 2.41. The Morgan fingerprint density at radius 2 is 2.17 bits per heavy atom. The smallest absolute Gasteiger partial charge is 0.298 e. The Labute approximate surface area is 68.3 Å². The molecule has 0 saturated carbocycles. The number of likely N-dealkylation sites (N-methyl/N-ethyl adjacent to an activating group) is 1. The second-order valence-corrected chi connectivity index (χ2v) is 3.03. The molecule has 1 fully saturated rings. The maximum Gasteiger partial charge on any atom is 0.391 e. The van der Waals surface area contributed by atoms with Crippen molar-refractivity contribution >= 4 is 5.78 Å². The second-order valence-electron chi connectivity index (χ2n) is 3.03. The van der Waals surface area contributed by atoms with E-state index in [1.807, 2.05) is 0 Å². The zero-order valence-electron chi connectivity index (χ0n) is 6.69. The minimum atomic E-state index is -4.24. The molecule has 1 saturated heterocycles. The number of rotatable bonds is 1. The van der Waals surface area contributed by atoms with E-state index in [2.05, 4.69) is 0 Å². The molecule has 0 aromatic rings. The van der Waals surface area contributed by atoms with Crippen LogP contribution in [0.3, 0.4) is 0 Å². The molecule has 0 spiro atoms. The van der Waals surface area contributed by atoms with Gasteiger partial charge in [0.15, 0.2) is 5.78 Å². The molecule has 1 aliphatic rings. The summed E-state index contributed by atoms with van der Waals surface area (Å²) in [5, 5.41) is 0. The summed E-state index contributed by atoms with van der Waals surface area (Å²) in [5.41, 5.74) is 0. The number of alkyl halides is 3. The van der Waals surface area contributed by atoms with E-state index < -0.39 is 18.6 Å². The summed E-state index contributed by atoms with van der Waals surface area (Å²) < 4.78 is 35.6. The van der Waals surface area contributed by atoms with Crippen LogP contribution in [0.1, 0.15) is 12.8 Å². The van der Waals surface area contributed by atoms with Crippen LogP contribution in [-0.2, 0) is 4.79 Å². The first-order valence-electron chi connectivity index (χ1n) is 3.70. The first-order valence-corrected chi connectivity index (χ1v) is 3.70. The van der Waals surface area contributed by atoms with Crippen LogP contribution in [0.2, 0.25) is 0 Å². The third kappa shape index (κ3) is 2.20. The summed E-state index contributed by atoms with van der Waals surface area (Å²) in [6.45, 7) is 0.444. The Hall–Kier alpha value is -0.580. The lowest BCUT2D eigenvalue weighted by Gasteiger charge is -2.18. The van der Waals surface area contributed by atoms with Crippen molar-refractivity contribution in [1.82, 2.24) is 4.90 Å². The van der Waals surface area contributed by atoms with Gasteiger partial charge in [0.05, 0.1) is 12.5 Å². The predicted molar refractivity (Wildman–Crippen MR) is 36.7 cm³/mol. The van der Waals surface area contributed by atoms with Crippen molar-refractivity contribution in [1.29, 1.82) is 0 Å². The molecule has 0 aromatic heterocycles. The fourth-order valence-electron chi connectivity index (χ4n) is 1.34. The standard InChI is InChI=1S/C7H10F3NO/c1-11-3-2-6(12)5(11)4-7(8,9)10/h5H,2-4H2,1H3. The fourth-order valence-corrected chi connectivity index (χ4v) is 1.34. The van der Waals surface area contributed by atoms with E-state index in [9.17, 15) is 18.0 Å². The molecule has 0 amide bonds. The molecule has 1 rings (SSSR count). The predicted octanol–water partition coefficient (Wildman–Crippen LogP) is 1.21. The highest BCUT2D eigenvalue weighted by Gasteiger charge is 2.39. The molecular formula is C7H10F3NO. The molecule has 0 radical (unpaired) electrons. The van der Waals surface area contributed by atoms with Gasteiger partial charge in [-0.05, 0) is 7.05 Å². The Bertz CT molecular complexity index is 190. The molecular weight excluding hydrogens is 171 g/mol. The topological polar surface area (TPSA) is 20.3 Å². The third-order valence-corrected chi connectivity index (χ3v) is 2.04. The second kappa shape index (κ2) is 3.05. The normalized spacial score (nSPS) is 26.7. The number of likely N-dealkylation sites (tertiary alicyclic amines) is 1. The van der Waals surface area contributed by atoms with Gasteiger partial charge in [-0.3, -0.25) is 9.69 Å². The summed E-state index contributed by atoms with van der Waals surface area (Å²) in [6, 6.07) is -0.940. The molecule has 70 valence electrons. The minimum absolute atomic E-state index is 0.247. The van der Waals surface area contributed by atoms with Crippen molar-refractivity contribution in [3.63, 3.8) is 0 Å². The third-order valence-electron chi connectivity index (χ3n) is 2.04. The van der Waals surface area contributed by atoms with Crippen LogP contribution in [0, 0.1) is 0 Å². The molecule has 2 nitrogen and oxygen atoms in total. The molecule has 0 aliphatic carbocycles. The van der Waals surface area contributed by atoms with Gasteiger partial charge in [0.2, 0.25) is 0 Å². The van der Waals surface area contributed by atoms with Gasteiger partial charge in [0.1, 0.15) is 0 Å². The van der Waals surface area contributed by atoms with Gasteiger partial charge in [-0.1, -0.05) is 0 Å². The van der Waals surface area contributed by atoms with Gasteiger partial charge in [-0.25, -0.2) is 0 Å². The molecule has 1 atom stereocenters. The zero-order valence-corrected chi connectivity index (χ0v) is 6.69. The lowest BCUT2D eigenvalue weighted by Crippen LogP contribution is -2.34. The van der Waals surface area contributed by atoms with Crippen LogP contribution >= 0.6 is 0 Å². The minimum Gasteiger partial charge on any atom is -0.298 e. The molecule has 0 N–H and O–H groups in total. The van der Waals surface area contributed by atoms with E-state index >= 15 is 0 Å². The number of halogens is 3. The molecule has 1 unspecified atom stereocenters. The van der Waals surface area contributed by atoms with Gasteiger partial charge < -0.3 is 0 Å². The molecule has 1 aliphatic heterocycles. The lowest BCUT2D eigenvalue weighted by molar-refractivity contribution is -0.151. The van der Waals surface area contributed by atoms with Crippen LogP contribution < -0.4 is 0 Å². The number of Topliss-reactive ketones (excluding diaryl/α,β-unsaturated/α-hetero) is 1.